The van der Waals surface area contributed by atoms with Gasteiger partial charge in [-0.1, -0.05) is 29.8 Å². The third-order valence-corrected chi connectivity index (χ3v) is 3.41. The van der Waals surface area contributed by atoms with Gasteiger partial charge >= 0.3 is 0 Å². The number of hydrogen-bond acceptors (Lipinski definition) is 3. The zero-order chi connectivity index (χ0) is 15.8. The molecule has 0 saturated carbocycles. The summed E-state index contributed by atoms with van der Waals surface area (Å²) in [5, 5.41) is 11.2. The van der Waals surface area contributed by atoms with Crippen LogP contribution in [0.1, 0.15) is 17.5 Å². The van der Waals surface area contributed by atoms with Gasteiger partial charge in [0.1, 0.15) is 0 Å². The molecule has 0 aliphatic rings. The number of nitrogens with zero attached hydrogens (tertiary/aromatic N) is 2. The molecule has 0 aliphatic carbocycles. The third-order valence-electron chi connectivity index (χ3n) is 3.17. The highest BCUT2D eigenvalue weighted by Gasteiger charge is 2.02. The van der Waals surface area contributed by atoms with Crippen LogP contribution in [0.25, 0.3) is 0 Å². The molecule has 5 nitrogen and oxygen atoms in total. The van der Waals surface area contributed by atoms with Crippen LogP contribution in [0.2, 0.25) is 0 Å². The van der Waals surface area contributed by atoms with E-state index in [1.165, 1.54) is 11.1 Å². The summed E-state index contributed by atoms with van der Waals surface area (Å²) >= 11 is 5.24. The molecule has 1 heterocycles. The molecule has 0 radical (unpaired) electrons. The fourth-order valence-electron chi connectivity index (χ4n) is 1.99. The lowest BCUT2D eigenvalue weighted by Crippen LogP contribution is -2.29. The molecule has 0 aliphatic heterocycles. The van der Waals surface area contributed by atoms with Crippen LogP contribution >= 0.6 is 12.2 Å². The molecule has 22 heavy (non-hydrogen) atoms. The van der Waals surface area contributed by atoms with Gasteiger partial charge in [0.2, 0.25) is 0 Å². The van der Waals surface area contributed by atoms with Crippen molar-refractivity contribution in [1.82, 2.24) is 15.1 Å². The minimum atomic E-state index is 0.603. The zero-order valence-corrected chi connectivity index (χ0v) is 13.8. The van der Waals surface area contributed by atoms with Crippen molar-refractivity contribution in [2.24, 2.45) is 0 Å². The first-order chi connectivity index (χ1) is 10.7. The number of rotatable bonds is 7. The quantitative estimate of drug-likeness (QED) is 0.607. The van der Waals surface area contributed by atoms with E-state index in [1.807, 2.05) is 10.9 Å². The predicted octanol–water partition coefficient (Wildman–Crippen LogP) is 2.56. The van der Waals surface area contributed by atoms with Gasteiger partial charge in [0.25, 0.3) is 0 Å². The lowest BCUT2D eigenvalue weighted by atomic mass is 10.1. The standard InChI is InChI=1S/C16H22N4OS/c1-13-4-6-14(7-5-13)11-20-12-15(10-18-20)19-16(22)17-8-3-9-21-2/h4-7,10,12H,3,8-9,11H2,1-2H3,(H2,17,19,22). The molecule has 6 heteroatoms. The molecule has 0 spiro atoms. The second-order valence-corrected chi connectivity index (χ2v) is 5.55. The molecular formula is C16H22N4OS. The van der Waals surface area contributed by atoms with E-state index < -0.39 is 0 Å². The van der Waals surface area contributed by atoms with Gasteiger partial charge < -0.3 is 15.4 Å². The monoisotopic (exact) mass is 318 g/mol. The van der Waals surface area contributed by atoms with E-state index in [1.54, 1.807) is 13.3 Å². The molecule has 0 unspecified atom stereocenters. The summed E-state index contributed by atoms with van der Waals surface area (Å²) in [6.07, 6.45) is 4.64. The zero-order valence-electron chi connectivity index (χ0n) is 13.0. The van der Waals surface area contributed by atoms with Crippen LogP contribution in [0, 0.1) is 6.92 Å². The number of ether oxygens (including phenoxy) is 1. The van der Waals surface area contributed by atoms with E-state index in [4.69, 9.17) is 17.0 Å². The molecule has 2 aromatic rings. The highest BCUT2D eigenvalue weighted by atomic mass is 32.1. The summed E-state index contributed by atoms with van der Waals surface area (Å²) in [4.78, 5) is 0. The maximum atomic E-state index is 5.24. The number of methoxy groups -OCH3 is 1. The average Bonchev–Trinajstić information content (AvgIpc) is 2.93. The lowest BCUT2D eigenvalue weighted by molar-refractivity contribution is 0.196. The lowest BCUT2D eigenvalue weighted by Gasteiger charge is -2.08. The molecule has 0 bridgehead atoms. The summed E-state index contributed by atoms with van der Waals surface area (Å²) in [6.45, 7) is 4.34. The van der Waals surface area contributed by atoms with Crippen molar-refractivity contribution >= 4 is 23.0 Å². The van der Waals surface area contributed by atoms with Crippen molar-refractivity contribution in [3.63, 3.8) is 0 Å². The Morgan fingerprint density at radius 2 is 2.09 bits per heavy atom. The Bertz CT molecular complexity index is 594. The smallest absolute Gasteiger partial charge is 0.170 e. The molecule has 0 amide bonds. The molecule has 118 valence electrons. The molecule has 2 rings (SSSR count). The number of anilines is 1. The normalized spacial score (nSPS) is 10.5. The molecule has 0 atom stereocenters. The van der Waals surface area contributed by atoms with Crippen LogP contribution in [-0.4, -0.2) is 35.2 Å². The summed E-state index contributed by atoms with van der Waals surface area (Å²) in [7, 11) is 1.69. The number of aryl methyl sites for hydroxylation is 1. The number of benzene rings is 1. The van der Waals surface area contributed by atoms with E-state index in [0.717, 1.165) is 31.8 Å². The second-order valence-electron chi connectivity index (χ2n) is 5.14. The van der Waals surface area contributed by atoms with E-state index in [2.05, 4.69) is 46.9 Å². The van der Waals surface area contributed by atoms with Gasteiger partial charge in [-0.05, 0) is 31.1 Å². The molecule has 0 saturated heterocycles. The molecule has 1 aromatic carbocycles. The predicted molar refractivity (Wildman–Crippen MR) is 93.2 cm³/mol. The van der Waals surface area contributed by atoms with Crippen LogP contribution < -0.4 is 10.6 Å². The Balaban J connectivity index is 1.80. The number of thiocarbonyl (C=S) groups is 1. The Hall–Kier alpha value is -1.92. The summed E-state index contributed by atoms with van der Waals surface area (Å²) in [5.41, 5.74) is 3.37. The van der Waals surface area contributed by atoms with E-state index in [0.29, 0.717) is 5.11 Å². The van der Waals surface area contributed by atoms with Gasteiger partial charge in [0.05, 0.1) is 18.4 Å². The average molecular weight is 318 g/mol. The van der Waals surface area contributed by atoms with Crippen molar-refractivity contribution in [1.29, 1.82) is 0 Å². The Morgan fingerprint density at radius 3 is 2.82 bits per heavy atom. The molecule has 1 aromatic heterocycles. The van der Waals surface area contributed by atoms with Crippen molar-refractivity contribution < 1.29 is 4.74 Å². The topological polar surface area (TPSA) is 51.1 Å². The largest absolute Gasteiger partial charge is 0.385 e. The second kappa shape index (κ2) is 8.51. The molecular weight excluding hydrogens is 296 g/mol. The van der Waals surface area contributed by atoms with Crippen LogP contribution in [-0.2, 0) is 11.3 Å². The van der Waals surface area contributed by atoms with E-state index in [-0.39, 0.29) is 0 Å². The van der Waals surface area contributed by atoms with E-state index >= 15 is 0 Å². The van der Waals surface area contributed by atoms with Crippen molar-refractivity contribution in [3.05, 3.63) is 47.8 Å². The number of nitrogens with one attached hydrogen (secondary N) is 2. The third kappa shape index (κ3) is 5.46. The number of aromatic nitrogens is 2. The summed E-state index contributed by atoms with van der Waals surface area (Å²) in [5.74, 6) is 0. The minimum Gasteiger partial charge on any atom is -0.385 e. The Labute approximate surface area is 136 Å². The minimum absolute atomic E-state index is 0.603. The maximum Gasteiger partial charge on any atom is 0.170 e. The van der Waals surface area contributed by atoms with Crippen molar-refractivity contribution in [2.45, 2.75) is 19.9 Å². The van der Waals surface area contributed by atoms with Gasteiger partial charge in [-0.15, -0.1) is 0 Å². The van der Waals surface area contributed by atoms with Crippen molar-refractivity contribution in [2.75, 3.05) is 25.6 Å². The van der Waals surface area contributed by atoms with Gasteiger partial charge in [0, 0.05) is 26.5 Å². The van der Waals surface area contributed by atoms with Gasteiger partial charge in [-0.3, -0.25) is 4.68 Å². The fraction of sp³-hybridized carbons (Fsp3) is 0.375. The van der Waals surface area contributed by atoms with Crippen molar-refractivity contribution in [3.8, 4) is 0 Å². The number of hydrogen-bond donors (Lipinski definition) is 2. The summed E-state index contributed by atoms with van der Waals surface area (Å²) in [6, 6.07) is 8.45. The van der Waals surface area contributed by atoms with Gasteiger partial charge in [-0.2, -0.15) is 5.10 Å². The van der Waals surface area contributed by atoms with Crippen LogP contribution in [0.4, 0.5) is 5.69 Å². The van der Waals surface area contributed by atoms with Crippen LogP contribution in [0.3, 0.4) is 0 Å². The van der Waals surface area contributed by atoms with Gasteiger partial charge in [-0.25, -0.2) is 0 Å². The Kier molecular flexibility index (Phi) is 6.36. The highest BCUT2D eigenvalue weighted by Crippen LogP contribution is 2.09. The first-order valence-electron chi connectivity index (χ1n) is 7.29. The Morgan fingerprint density at radius 1 is 1.32 bits per heavy atom. The van der Waals surface area contributed by atoms with Crippen LogP contribution in [0.5, 0.6) is 0 Å². The molecule has 2 N–H and O–H groups in total. The first kappa shape index (κ1) is 16.5. The summed E-state index contributed by atoms with van der Waals surface area (Å²) < 4.78 is 6.88. The maximum absolute atomic E-state index is 5.24. The first-order valence-corrected chi connectivity index (χ1v) is 7.70. The van der Waals surface area contributed by atoms with E-state index in [9.17, 15) is 0 Å². The fourth-order valence-corrected chi connectivity index (χ4v) is 2.21. The van der Waals surface area contributed by atoms with Crippen LogP contribution in [0.15, 0.2) is 36.7 Å². The van der Waals surface area contributed by atoms with Gasteiger partial charge in [0.15, 0.2) is 5.11 Å². The molecule has 0 fully saturated rings. The SMILES string of the molecule is COCCCNC(=S)Nc1cnn(Cc2ccc(C)cc2)c1. The highest BCUT2D eigenvalue weighted by molar-refractivity contribution is 7.80.